The molecule has 0 saturated heterocycles. The first-order chi connectivity index (χ1) is 8.25. The van der Waals surface area contributed by atoms with Gasteiger partial charge in [-0.05, 0) is 39.2 Å². The molecule has 0 unspecified atom stereocenters. The van der Waals surface area contributed by atoms with Crippen LogP contribution in [0.25, 0.3) is 11.0 Å². The minimum Gasteiger partial charge on any atom is -0.369 e. The third kappa shape index (κ3) is 3.39. The van der Waals surface area contributed by atoms with Gasteiger partial charge in [0, 0.05) is 6.54 Å². The molecule has 0 saturated carbocycles. The molecule has 0 aliphatic heterocycles. The van der Waals surface area contributed by atoms with Crippen molar-refractivity contribution in [3.63, 3.8) is 0 Å². The Kier molecular flexibility index (Phi) is 3.88. The van der Waals surface area contributed by atoms with Crippen molar-refractivity contribution in [1.29, 1.82) is 0 Å². The van der Waals surface area contributed by atoms with Crippen molar-refractivity contribution in [3.8, 4) is 0 Å². The summed E-state index contributed by atoms with van der Waals surface area (Å²) in [6, 6.07) is 7.90. The van der Waals surface area contributed by atoms with Crippen LogP contribution in [0.15, 0.2) is 30.5 Å². The summed E-state index contributed by atoms with van der Waals surface area (Å²) < 4.78 is 0. The maximum Gasteiger partial charge on any atom is 0.145 e. The van der Waals surface area contributed by atoms with E-state index in [2.05, 4.69) is 34.3 Å². The lowest BCUT2D eigenvalue weighted by molar-refractivity contribution is 0.405. The quantitative estimate of drug-likeness (QED) is 0.798. The van der Waals surface area contributed by atoms with E-state index in [1.165, 1.54) is 0 Å². The molecule has 0 aliphatic rings. The molecule has 0 radical (unpaired) electrons. The van der Waals surface area contributed by atoms with Gasteiger partial charge in [-0.3, -0.25) is 4.98 Å². The minimum atomic E-state index is 0.849. The highest BCUT2D eigenvalue weighted by atomic mass is 15.1. The Morgan fingerprint density at radius 3 is 2.71 bits per heavy atom. The number of nitrogens with one attached hydrogen (secondary N) is 1. The summed E-state index contributed by atoms with van der Waals surface area (Å²) >= 11 is 0. The SMILES string of the molecule is CN(C)CCCNc1cnc2ccccc2n1. The number of aromatic nitrogens is 2. The number of fused-ring (bicyclic) bond motifs is 1. The van der Waals surface area contributed by atoms with Crippen molar-refractivity contribution >= 4 is 16.9 Å². The Morgan fingerprint density at radius 1 is 1.18 bits per heavy atom. The first kappa shape index (κ1) is 11.8. The molecular formula is C13H18N4. The molecule has 0 amide bonds. The van der Waals surface area contributed by atoms with Crippen LogP contribution in [0.1, 0.15) is 6.42 Å². The highest BCUT2D eigenvalue weighted by molar-refractivity contribution is 5.75. The van der Waals surface area contributed by atoms with Crippen LogP contribution in [0.5, 0.6) is 0 Å². The van der Waals surface area contributed by atoms with Gasteiger partial charge in [0.25, 0.3) is 0 Å². The van der Waals surface area contributed by atoms with Crippen LogP contribution in [0.3, 0.4) is 0 Å². The van der Waals surface area contributed by atoms with E-state index < -0.39 is 0 Å². The van der Waals surface area contributed by atoms with E-state index in [1.54, 1.807) is 6.20 Å². The summed E-state index contributed by atoms with van der Waals surface area (Å²) in [5.41, 5.74) is 1.87. The molecule has 90 valence electrons. The first-order valence-electron chi connectivity index (χ1n) is 5.86. The Morgan fingerprint density at radius 2 is 1.94 bits per heavy atom. The summed E-state index contributed by atoms with van der Waals surface area (Å²) in [6.07, 6.45) is 2.89. The second-order valence-corrected chi connectivity index (χ2v) is 4.33. The second-order valence-electron chi connectivity index (χ2n) is 4.33. The van der Waals surface area contributed by atoms with Gasteiger partial charge in [-0.25, -0.2) is 4.98 Å². The highest BCUT2D eigenvalue weighted by Crippen LogP contribution is 2.10. The number of rotatable bonds is 5. The fraction of sp³-hybridized carbons (Fsp3) is 0.385. The lowest BCUT2D eigenvalue weighted by Crippen LogP contribution is -2.16. The average Bonchev–Trinajstić information content (AvgIpc) is 2.34. The number of hydrogen-bond acceptors (Lipinski definition) is 4. The van der Waals surface area contributed by atoms with Crippen LogP contribution in [0.4, 0.5) is 5.82 Å². The summed E-state index contributed by atoms with van der Waals surface area (Å²) in [5.74, 6) is 0.849. The highest BCUT2D eigenvalue weighted by Gasteiger charge is 1.98. The summed E-state index contributed by atoms with van der Waals surface area (Å²) in [4.78, 5) is 11.0. The maximum absolute atomic E-state index is 4.50. The molecule has 1 heterocycles. The molecule has 0 atom stereocenters. The molecule has 17 heavy (non-hydrogen) atoms. The third-order valence-corrected chi connectivity index (χ3v) is 2.54. The van der Waals surface area contributed by atoms with E-state index in [0.717, 1.165) is 36.4 Å². The molecule has 1 aromatic carbocycles. The normalized spacial score (nSPS) is 11.0. The monoisotopic (exact) mass is 230 g/mol. The molecular weight excluding hydrogens is 212 g/mol. The summed E-state index contributed by atoms with van der Waals surface area (Å²) in [7, 11) is 4.16. The van der Waals surface area contributed by atoms with Gasteiger partial charge in [-0.1, -0.05) is 12.1 Å². The number of para-hydroxylation sites is 2. The van der Waals surface area contributed by atoms with Crippen LogP contribution in [-0.4, -0.2) is 42.1 Å². The van der Waals surface area contributed by atoms with Gasteiger partial charge < -0.3 is 10.2 Å². The summed E-state index contributed by atoms with van der Waals surface area (Å²) in [6.45, 7) is 2.00. The number of hydrogen-bond donors (Lipinski definition) is 1. The average molecular weight is 230 g/mol. The molecule has 4 heteroatoms. The van der Waals surface area contributed by atoms with Gasteiger partial charge in [0.15, 0.2) is 0 Å². The Labute approximate surface area is 102 Å². The van der Waals surface area contributed by atoms with E-state index in [9.17, 15) is 0 Å². The molecule has 0 spiro atoms. The minimum absolute atomic E-state index is 0.849. The number of anilines is 1. The Bertz CT molecular complexity index is 482. The van der Waals surface area contributed by atoms with E-state index >= 15 is 0 Å². The largest absolute Gasteiger partial charge is 0.369 e. The third-order valence-electron chi connectivity index (χ3n) is 2.54. The molecule has 2 rings (SSSR count). The molecule has 1 N–H and O–H groups in total. The van der Waals surface area contributed by atoms with Gasteiger partial charge in [0.2, 0.25) is 0 Å². The first-order valence-corrected chi connectivity index (χ1v) is 5.86. The number of benzene rings is 1. The van der Waals surface area contributed by atoms with Crippen LogP contribution in [0, 0.1) is 0 Å². The lowest BCUT2D eigenvalue weighted by atomic mass is 10.3. The fourth-order valence-electron chi connectivity index (χ4n) is 1.65. The van der Waals surface area contributed by atoms with Gasteiger partial charge in [0.05, 0.1) is 17.2 Å². The zero-order valence-corrected chi connectivity index (χ0v) is 10.3. The Hall–Kier alpha value is -1.68. The lowest BCUT2D eigenvalue weighted by Gasteiger charge is -2.10. The van der Waals surface area contributed by atoms with E-state index in [1.807, 2.05) is 24.3 Å². The maximum atomic E-state index is 4.50. The number of nitrogens with zero attached hydrogens (tertiary/aromatic N) is 3. The molecule has 1 aromatic heterocycles. The van der Waals surface area contributed by atoms with Gasteiger partial charge >= 0.3 is 0 Å². The van der Waals surface area contributed by atoms with E-state index in [4.69, 9.17) is 0 Å². The fourth-order valence-corrected chi connectivity index (χ4v) is 1.65. The van der Waals surface area contributed by atoms with E-state index in [-0.39, 0.29) is 0 Å². The van der Waals surface area contributed by atoms with Crippen LogP contribution in [0.2, 0.25) is 0 Å². The van der Waals surface area contributed by atoms with Crippen molar-refractivity contribution < 1.29 is 0 Å². The molecule has 2 aromatic rings. The van der Waals surface area contributed by atoms with Gasteiger partial charge in [-0.2, -0.15) is 0 Å². The van der Waals surface area contributed by atoms with Crippen molar-refractivity contribution in [3.05, 3.63) is 30.5 Å². The van der Waals surface area contributed by atoms with Crippen LogP contribution in [-0.2, 0) is 0 Å². The second kappa shape index (κ2) is 5.59. The van der Waals surface area contributed by atoms with Crippen LogP contribution >= 0.6 is 0 Å². The zero-order chi connectivity index (χ0) is 12.1. The van der Waals surface area contributed by atoms with Gasteiger partial charge in [0.1, 0.15) is 5.82 Å². The van der Waals surface area contributed by atoms with Crippen molar-refractivity contribution in [2.75, 3.05) is 32.5 Å². The van der Waals surface area contributed by atoms with Gasteiger partial charge in [-0.15, -0.1) is 0 Å². The summed E-state index contributed by atoms with van der Waals surface area (Å²) in [5, 5.41) is 3.29. The van der Waals surface area contributed by atoms with Crippen LogP contribution < -0.4 is 5.32 Å². The standard InChI is InChI=1S/C13H18N4/c1-17(2)9-5-8-14-13-10-15-11-6-3-4-7-12(11)16-13/h3-4,6-7,10H,5,8-9H2,1-2H3,(H,14,16). The predicted molar refractivity (Wildman–Crippen MR) is 71.2 cm³/mol. The molecule has 4 nitrogen and oxygen atoms in total. The van der Waals surface area contributed by atoms with Crippen molar-refractivity contribution in [2.45, 2.75) is 6.42 Å². The molecule has 0 fully saturated rings. The predicted octanol–water partition coefficient (Wildman–Crippen LogP) is 1.99. The molecule has 0 bridgehead atoms. The van der Waals surface area contributed by atoms with Crippen molar-refractivity contribution in [2.24, 2.45) is 0 Å². The smallest absolute Gasteiger partial charge is 0.145 e. The molecule has 0 aliphatic carbocycles. The van der Waals surface area contributed by atoms with E-state index in [0.29, 0.717) is 0 Å². The topological polar surface area (TPSA) is 41.0 Å². The zero-order valence-electron chi connectivity index (χ0n) is 10.3. The van der Waals surface area contributed by atoms with Crippen molar-refractivity contribution in [1.82, 2.24) is 14.9 Å². The Balaban J connectivity index is 1.95.